The van der Waals surface area contributed by atoms with Gasteiger partial charge in [0.2, 0.25) is 0 Å². The standard InChI is InChI=1S/C15H17N5/c1-19-14(7-9-17-19)11-16-15-6-3-2-5-13(15)12-20-10-4-8-18-20/h2-10,16H,11-12H2,1H3. The Morgan fingerprint density at radius 2 is 1.95 bits per heavy atom. The van der Waals surface area contributed by atoms with Gasteiger partial charge in [-0.1, -0.05) is 18.2 Å². The number of benzene rings is 1. The molecular weight excluding hydrogens is 250 g/mol. The van der Waals surface area contributed by atoms with Crippen molar-refractivity contribution in [2.24, 2.45) is 7.05 Å². The minimum atomic E-state index is 0.757. The molecule has 5 nitrogen and oxygen atoms in total. The number of hydrogen-bond donors (Lipinski definition) is 1. The van der Waals surface area contributed by atoms with Crippen LogP contribution in [0.5, 0.6) is 0 Å². The number of anilines is 1. The number of nitrogens with zero attached hydrogens (tertiary/aromatic N) is 4. The topological polar surface area (TPSA) is 47.7 Å². The van der Waals surface area contributed by atoms with Crippen LogP contribution in [-0.2, 0) is 20.1 Å². The summed E-state index contributed by atoms with van der Waals surface area (Å²) in [6.45, 7) is 1.52. The Morgan fingerprint density at radius 3 is 2.70 bits per heavy atom. The Hall–Kier alpha value is -2.56. The van der Waals surface area contributed by atoms with Crippen molar-refractivity contribution in [2.45, 2.75) is 13.1 Å². The van der Waals surface area contributed by atoms with Crippen LogP contribution in [0.25, 0.3) is 0 Å². The predicted molar refractivity (Wildman–Crippen MR) is 78.3 cm³/mol. The van der Waals surface area contributed by atoms with Crippen LogP contribution in [0.3, 0.4) is 0 Å². The van der Waals surface area contributed by atoms with Crippen molar-refractivity contribution in [3.8, 4) is 0 Å². The van der Waals surface area contributed by atoms with Crippen LogP contribution in [0.4, 0.5) is 5.69 Å². The molecule has 0 aliphatic heterocycles. The van der Waals surface area contributed by atoms with Crippen molar-refractivity contribution in [3.63, 3.8) is 0 Å². The number of hydrogen-bond acceptors (Lipinski definition) is 3. The largest absolute Gasteiger partial charge is 0.379 e. The summed E-state index contributed by atoms with van der Waals surface area (Å²) < 4.78 is 3.80. The van der Waals surface area contributed by atoms with Crippen molar-refractivity contribution in [2.75, 3.05) is 5.32 Å². The number of para-hydroxylation sites is 1. The van der Waals surface area contributed by atoms with E-state index in [9.17, 15) is 0 Å². The monoisotopic (exact) mass is 267 g/mol. The van der Waals surface area contributed by atoms with Crippen LogP contribution >= 0.6 is 0 Å². The Labute approximate surface area is 117 Å². The third-order valence-electron chi connectivity index (χ3n) is 3.29. The molecule has 3 aromatic rings. The van der Waals surface area contributed by atoms with Gasteiger partial charge < -0.3 is 5.32 Å². The summed E-state index contributed by atoms with van der Waals surface area (Å²) >= 11 is 0. The van der Waals surface area contributed by atoms with Gasteiger partial charge in [-0.15, -0.1) is 0 Å². The van der Waals surface area contributed by atoms with Gasteiger partial charge in [-0.2, -0.15) is 10.2 Å². The molecule has 3 rings (SSSR count). The highest BCUT2D eigenvalue weighted by Gasteiger charge is 2.04. The molecule has 0 radical (unpaired) electrons. The molecular formula is C15H17N5. The third kappa shape index (κ3) is 2.71. The van der Waals surface area contributed by atoms with Gasteiger partial charge in [0.15, 0.2) is 0 Å². The first-order valence-electron chi connectivity index (χ1n) is 6.59. The number of nitrogens with one attached hydrogen (secondary N) is 1. The van der Waals surface area contributed by atoms with Crippen LogP contribution in [0.1, 0.15) is 11.3 Å². The van der Waals surface area contributed by atoms with Gasteiger partial charge in [-0.05, 0) is 23.8 Å². The summed E-state index contributed by atoms with van der Waals surface area (Å²) in [5.74, 6) is 0. The Bertz CT molecular complexity index is 669. The molecule has 5 heteroatoms. The van der Waals surface area contributed by atoms with E-state index < -0.39 is 0 Å². The summed E-state index contributed by atoms with van der Waals surface area (Å²) in [4.78, 5) is 0. The lowest BCUT2D eigenvalue weighted by Crippen LogP contribution is -2.08. The lowest BCUT2D eigenvalue weighted by Gasteiger charge is -2.12. The van der Waals surface area contributed by atoms with E-state index >= 15 is 0 Å². The molecule has 0 aliphatic rings. The van der Waals surface area contributed by atoms with E-state index in [1.165, 1.54) is 5.56 Å². The fourth-order valence-electron chi connectivity index (χ4n) is 2.16. The van der Waals surface area contributed by atoms with E-state index in [0.29, 0.717) is 0 Å². The van der Waals surface area contributed by atoms with Crippen LogP contribution < -0.4 is 5.32 Å². The van der Waals surface area contributed by atoms with E-state index in [1.807, 2.05) is 53.1 Å². The highest BCUT2D eigenvalue weighted by molar-refractivity contribution is 5.51. The second-order valence-electron chi connectivity index (χ2n) is 4.66. The molecule has 1 aromatic carbocycles. The highest BCUT2D eigenvalue weighted by atomic mass is 15.3. The average Bonchev–Trinajstić information content (AvgIpc) is 3.10. The van der Waals surface area contributed by atoms with Crippen molar-refractivity contribution < 1.29 is 0 Å². The van der Waals surface area contributed by atoms with E-state index in [-0.39, 0.29) is 0 Å². The Balaban J connectivity index is 1.74. The van der Waals surface area contributed by atoms with Gasteiger partial charge in [0.05, 0.1) is 18.8 Å². The number of aryl methyl sites for hydroxylation is 1. The lowest BCUT2D eigenvalue weighted by molar-refractivity contribution is 0.686. The SMILES string of the molecule is Cn1nccc1CNc1ccccc1Cn1cccn1. The fourth-order valence-corrected chi connectivity index (χ4v) is 2.16. The normalized spacial score (nSPS) is 10.7. The first kappa shape index (κ1) is 12.5. The molecule has 2 aromatic heterocycles. The van der Waals surface area contributed by atoms with Crippen molar-refractivity contribution >= 4 is 5.69 Å². The molecule has 0 bridgehead atoms. The lowest BCUT2D eigenvalue weighted by atomic mass is 10.1. The quantitative estimate of drug-likeness (QED) is 0.771. The molecule has 0 unspecified atom stereocenters. The average molecular weight is 267 g/mol. The summed E-state index contributed by atoms with van der Waals surface area (Å²) in [6, 6.07) is 12.3. The molecule has 0 saturated carbocycles. The van der Waals surface area contributed by atoms with Crippen molar-refractivity contribution in [1.29, 1.82) is 0 Å². The zero-order valence-corrected chi connectivity index (χ0v) is 11.4. The van der Waals surface area contributed by atoms with Gasteiger partial charge >= 0.3 is 0 Å². The molecule has 102 valence electrons. The summed E-state index contributed by atoms with van der Waals surface area (Å²) in [5, 5.41) is 11.9. The predicted octanol–water partition coefficient (Wildman–Crippen LogP) is 2.28. The first-order valence-corrected chi connectivity index (χ1v) is 6.59. The van der Waals surface area contributed by atoms with Crippen LogP contribution in [0, 0.1) is 0 Å². The van der Waals surface area contributed by atoms with Gasteiger partial charge in [0.1, 0.15) is 0 Å². The molecule has 0 atom stereocenters. The highest BCUT2D eigenvalue weighted by Crippen LogP contribution is 2.17. The number of rotatable bonds is 5. The zero-order valence-electron chi connectivity index (χ0n) is 11.4. The smallest absolute Gasteiger partial charge is 0.0679 e. The molecule has 0 amide bonds. The molecule has 0 saturated heterocycles. The second-order valence-corrected chi connectivity index (χ2v) is 4.66. The third-order valence-corrected chi connectivity index (χ3v) is 3.29. The van der Waals surface area contributed by atoms with E-state index in [0.717, 1.165) is 24.5 Å². The van der Waals surface area contributed by atoms with Gasteiger partial charge in [0.25, 0.3) is 0 Å². The second kappa shape index (κ2) is 5.61. The van der Waals surface area contributed by atoms with Gasteiger partial charge in [0, 0.05) is 31.3 Å². The maximum absolute atomic E-state index is 4.25. The maximum Gasteiger partial charge on any atom is 0.0679 e. The van der Waals surface area contributed by atoms with Gasteiger partial charge in [-0.25, -0.2) is 0 Å². The molecule has 2 heterocycles. The van der Waals surface area contributed by atoms with Crippen LogP contribution in [0.2, 0.25) is 0 Å². The summed E-state index contributed by atoms with van der Waals surface area (Å²) in [5.41, 5.74) is 3.50. The summed E-state index contributed by atoms with van der Waals surface area (Å²) in [6.07, 6.45) is 5.58. The molecule has 0 fully saturated rings. The summed E-state index contributed by atoms with van der Waals surface area (Å²) in [7, 11) is 1.95. The zero-order chi connectivity index (χ0) is 13.8. The van der Waals surface area contributed by atoms with Crippen molar-refractivity contribution in [1.82, 2.24) is 19.6 Å². The van der Waals surface area contributed by atoms with E-state index in [1.54, 1.807) is 6.20 Å². The van der Waals surface area contributed by atoms with Crippen LogP contribution in [0.15, 0.2) is 55.0 Å². The minimum absolute atomic E-state index is 0.757. The molecule has 0 aliphatic carbocycles. The molecule has 0 spiro atoms. The fraction of sp³-hybridized carbons (Fsp3) is 0.200. The van der Waals surface area contributed by atoms with Gasteiger partial charge in [-0.3, -0.25) is 9.36 Å². The van der Waals surface area contributed by atoms with E-state index in [2.05, 4.69) is 27.6 Å². The molecule has 1 N–H and O–H groups in total. The minimum Gasteiger partial charge on any atom is -0.379 e. The Morgan fingerprint density at radius 1 is 1.05 bits per heavy atom. The van der Waals surface area contributed by atoms with Crippen molar-refractivity contribution in [3.05, 3.63) is 66.2 Å². The number of aromatic nitrogens is 4. The molecule has 20 heavy (non-hydrogen) atoms. The van der Waals surface area contributed by atoms with E-state index in [4.69, 9.17) is 0 Å². The first-order chi connectivity index (χ1) is 9.83. The maximum atomic E-state index is 4.25. The Kier molecular flexibility index (Phi) is 3.50. The van der Waals surface area contributed by atoms with Crippen LogP contribution in [-0.4, -0.2) is 19.6 Å².